The largest absolute Gasteiger partial charge is 0.467 e. The predicted octanol–water partition coefficient (Wildman–Crippen LogP) is 8.10. The monoisotopic (exact) mass is 481 g/mol. The number of aromatic amines is 1. The number of fused-ring (bicyclic) bond motifs is 6. The summed E-state index contributed by atoms with van der Waals surface area (Å²) in [6.07, 6.45) is -2.76. The third-order valence-electron chi connectivity index (χ3n) is 6.73. The second-order valence-electron chi connectivity index (χ2n) is 8.84. The molecule has 0 atom stereocenters. The highest BCUT2D eigenvalue weighted by Crippen LogP contribution is 2.47. The number of H-pyrrole nitrogens is 1. The maximum Gasteiger partial charge on any atom is 0.416 e. The number of nitrogens with one attached hydrogen (secondary N) is 1. The predicted molar refractivity (Wildman–Crippen MR) is 134 cm³/mol. The Kier molecular flexibility index (Phi) is 4.33. The van der Waals surface area contributed by atoms with Crippen molar-refractivity contribution in [3.63, 3.8) is 0 Å². The maximum atomic E-state index is 13.4. The van der Waals surface area contributed by atoms with Crippen LogP contribution in [0.25, 0.3) is 55.4 Å². The zero-order valence-electron chi connectivity index (χ0n) is 18.8. The smallest absolute Gasteiger partial charge is 0.416 e. The molecule has 5 aromatic rings. The van der Waals surface area contributed by atoms with Crippen molar-refractivity contribution in [2.75, 3.05) is 0 Å². The van der Waals surface area contributed by atoms with Crippen LogP contribution in [-0.2, 0) is 12.7 Å². The number of hydrogen-bond donors (Lipinski definition) is 1. The van der Waals surface area contributed by atoms with Gasteiger partial charge in [0.05, 0.1) is 23.9 Å². The summed E-state index contributed by atoms with van der Waals surface area (Å²) in [4.78, 5) is 8.52. The van der Waals surface area contributed by atoms with Gasteiger partial charge >= 0.3 is 6.18 Å². The van der Waals surface area contributed by atoms with Crippen molar-refractivity contribution < 1.29 is 17.6 Å². The second-order valence-corrected chi connectivity index (χ2v) is 8.84. The fourth-order valence-corrected chi connectivity index (χ4v) is 5.16. The van der Waals surface area contributed by atoms with E-state index in [4.69, 9.17) is 9.40 Å². The first-order chi connectivity index (χ1) is 17.5. The van der Waals surface area contributed by atoms with Gasteiger partial charge in [0.15, 0.2) is 0 Å². The number of para-hydroxylation sites is 2. The molecule has 4 heterocycles. The molecule has 0 saturated heterocycles. The lowest BCUT2D eigenvalue weighted by Gasteiger charge is -2.18. The van der Waals surface area contributed by atoms with Crippen molar-refractivity contribution in [2.45, 2.75) is 12.7 Å². The molecule has 36 heavy (non-hydrogen) atoms. The number of hydrogen-bond acceptors (Lipinski definition) is 2. The van der Waals surface area contributed by atoms with Crippen LogP contribution >= 0.6 is 0 Å². The lowest BCUT2D eigenvalue weighted by molar-refractivity contribution is -0.137. The number of aromatic nitrogens is 3. The van der Waals surface area contributed by atoms with Gasteiger partial charge < -0.3 is 14.0 Å². The summed E-state index contributed by atoms with van der Waals surface area (Å²) in [7, 11) is 0. The van der Waals surface area contributed by atoms with Gasteiger partial charge in [0, 0.05) is 32.8 Å². The van der Waals surface area contributed by atoms with Gasteiger partial charge in [0.2, 0.25) is 0 Å². The molecular formula is C29H18F3N3O. The summed E-state index contributed by atoms with van der Waals surface area (Å²) in [6.45, 7) is 0.448. The maximum absolute atomic E-state index is 13.4. The fraction of sp³-hybridized carbons (Fsp3) is 0.0690. The zero-order chi connectivity index (χ0) is 24.4. The molecule has 0 bridgehead atoms. The average molecular weight is 481 g/mol. The minimum atomic E-state index is -4.40. The topological polar surface area (TPSA) is 46.8 Å². The molecule has 7 heteroatoms. The molecule has 0 fully saturated rings. The van der Waals surface area contributed by atoms with E-state index >= 15 is 0 Å². The van der Waals surface area contributed by atoms with E-state index in [1.807, 2.05) is 60.7 Å². The van der Waals surface area contributed by atoms with Crippen LogP contribution in [0.15, 0.2) is 95.6 Å². The lowest BCUT2D eigenvalue weighted by atomic mass is 9.93. The first kappa shape index (κ1) is 20.8. The van der Waals surface area contributed by atoms with Gasteiger partial charge in [0.25, 0.3) is 0 Å². The van der Waals surface area contributed by atoms with Crippen molar-refractivity contribution in [3.8, 4) is 22.5 Å². The highest BCUT2D eigenvalue weighted by molar-refractivity contribution is 6.20. The van der Waals surface area contributed by atoms with Gasteiger partial charge in [0.1, 0.15) is 17.2 Å². The van der Waals surface area contributed by atoms with Gasteiger partial charge in [-0.15, -0.1) is 0 Å². The molecule has 1 N–H and O–H groups in total. The number of nitrogens with zero attached hydrogens (tertiary/aromatic N) is 2. The average Bonchev–Trinajstić information content (AvgIpc) is 3.61. The Labute approximate surface area is 202 Å². The Morgan fingerprint density at radius 1 is 0.806 bits per heavy atom. The summed E-state index contributed by atoms with van der Waals surface area (Å²) in [6, 6.07) is 25.0. The van der Waals surface area contributed by atoms with E-state index in [9.17, 15) is 13.2 Å². The normalized spacial score (nSPS) is 12.4. The molecule has 4 nitrogen and oxygen atoms in total. The van der Waals surface area contributed by atoms with Gasteiger partial charge in [-0.1, -0.05) is 48.5 Å². The number of pyridine rings is 1. The number of halogens is 3. The second kappa shape index (κ2) is 7.49. The van der Waals surface area contributed by atoms with Crippen molar-refractivity contribution >= 4 is 32.8 Å². The van der Waals surface area contributed by atoms with Crippen molar-refractivity contribution in [1.82, 2.24) is 14.5 Å². The zero-order valence-corrected chi connectivity index (χ0v) is 18.8. The Balaban J connectivity index is 1.65. The van der Waals surface area contributed by atoms with Crippen LogP contribution in [0.5, 0.6) is 0 Å². The third kappa shape index (κ3) is 3.05. The van der Waals surface area contributed by atoms with Crippen molar-refractivity contribution in [1.29, 1.82) is 0 Å². The SMILES string of the molecule is FC(F)(F)c1ccc(-c2c3c4ccccc4nc-3n(Cc3ccco3)c3[nH]c4ccccc4c23)cc1. The number of rotatable bonds is 3. The van der Waals surface area contributed by atoms with Crippen molar-refractivity contribution in [3.05, 3.63) is 103 Å². The van der Waals surface area contributed by atoms with Gasteiger partial charge in [-0.2, -0.15) is 13.2 Å². The standard InChI is InChI=1S/C29H18F3N3O/c30-29(31,32)18-13-11-17(12-14-18)24-25-20-7-1-3-9-22(20)33-27(25)35(16-19-6-5-15-36-19)28-26(24)21-8-2-4-10-23(21)34-28/h1-15,33H,16H2. The fourth-order valence-electron chi connectivity index (χ4n) is 5.16. The number of benzene rings is 3. The molecular weight excluding hydrogens is 463 g/mol. The molecule has 2 aromatic heterocycles. The van der Waals surface area contributed by atoms with E-state index in [2.05, 4.69) is 9.55 Å². The summed E-state index contributed by atoms with van der Waals surface area (Å²) in [5, 5.41) is 2.87. The van der Waals surface area contributed by atoms with E-state index in [1.165, 1.54) is 0 Å². The molecule has 0 radical (unpaired) electrons. The quantitative estimate of drug-likeness (QED) is 0.277. The first-order valence-electron chi connectivity index (χ1n) is 11.5. The Morgan fingerprint density at radius 2 is 1.56 bits per heavy atom. The minimum absolute atomic E-state index is 0.448. The van der Waals surface area contributed by atoms with Crippen LogP contribution in [0.3, 0.4) is 0 Å². The summed E-state index contributed by atoms with van der Waals surface area (Å²) < 4.78 is 47.8. The lowest BCUT2D eigenvalue weighted by Crippen LogP contribution is -2.08. The van der Waals surface area contributed by atoms with Crippen LogP contribution in [-0.4, -0.2) is 14.5 Å². The first-order valence-corrected chi connectivity index (χ1v) is 11.5. The van der Waals surface area contributed by atoms with E-state index < -0.39 is 11.7 Å². The molecule has 2 aliphatic heterocycles. The minimum Gasteiger partial charge on any atom is -0.467 e. The van der Waals surface area contributed by atoms with E-state index in [1.54, 1.807) is 18.4 Å². The molecule has 176 valence electrons. The Bertz CT molecular complexity index is 1840. The summed E-state index contributed by atoms with van der Waals surface area (Å²) in [5.74, 6) is 1.51. The van der Waals surface area contributed by atoms with Crippen LogP contribution < -0.4 is 0 Å². The molecule has 0 spiro atoms. The molecule has 2 aliphatic rings. The summed E-state index contributed by atoms with van der Waals surface area (Å²) >= 11 is 0. The highest BCUT2D eigenvalue weighted by atomic mass is 19.4. The molecule has 0 aliphatic carbocycles. The van der Waals surface area contributed by atoms with E-state index in [0.29, 0.717) is 12.1 Å². The van der Waals surface area contributed by atoms with Crippen LogP contribution in [0, 0.1) is 0 Å². The molecule has 0 amide bonds. The Morgan fingerprint density at radius 3 is 2.31 bits per heavy atom. The van der Waals surface area contributed by atoms with E-state index in [-0.39, 0.29) is 0 Å². The van der Waals surface area contributed by atoms with Crippen LogP contribution in [0.1, 0.15) is 11.3 Å². The highest BCUT2D eigenvalue weighted by Gasteiger charge is 2.31. The van der Waals surface area contributed by atoms with Gasteiger partial charge in [-0.05, 0) is 42.0 Å². The Hall–Kier alpha value is -4.52. The van der Waals surface area contributed by atoms with Gasteiger partial charge in [-0.3, -0.25) is 0 Å². The van der Waals surface area contributed by atoms with Crippen LogP contribution in [0.2, 0.25) is 0 Å². The van der Waals surface area contributed by atoms with E-state index in [0.717, 1.165) is 67.7 Å². The van der Waals surface area contributed by atoms with Gasteiger partial charge in [-0.25, -0.2) is 4.98 Å². The molecule has 0 saturated carbocycles. The summed E-state index contributed by atoms with van der Waals surface area (Å²) in [5.41, 5.74) is 4.37. The molecule has 3 aromatic carbocycles. The number of furan rings is 1. The van der Waals surface area contributed by atoms with Crippen LogP contribution in [0.4, 0.5) is 13.2 Å². The molecule has 7 rings (SSSR count). The molecule has 0 unspecified atom stereocenters. The third-order valence-corrected chi connectivity index (χ3v) is 6.73. The van der Waals surface area contributed by atoms with Crippen molar-refractivity contribution in [2.24, 2.45) is 0 Å². The number of alkyl halides is 3.